The van der Waals surface area contributed by atoms with Crippen molar-refractivity contribution < 1.29 is 4.79 Å². The maximum atomic E-state index is 12.5. The number of rotatable bonds is 6. The molecule has 0 saturated carbocycles. The predicted molar refractivity (Wildman–Crippen MR) is 86.0 cm³/mol. The van der Waals surface area contributed by atoms with Gasteiger partial charge in [-0.1, -0.05) is 20.8 Å². The van der Waals surface area contributed by atoms with Crippen molar-refractivity contribution in [1.29, 1.82) is 0 Å². The molecule has 120 valence electrons. The van der Waals surface area contributed by atoms with Gasteiger partial charge in [-0.2, -0.15) is 5.10 Å². The molecule has 0 fully saturated rings. The largest absolute Gasteiger partial charge is 0.345 e. The lowest BCUT2D eigenvalue weighted by Gasteiger charge is -2.30. The molecule has 5 nitrogen and oxygen atoms in total. The zero-order valence-electron chi connectivity index (χ0n) is 14.5. The van der Waals surface area contributed by atoms with Gasteiger partial charge in [0.05, 0.1) is 5.69 Å². The van der Waals surface area contributed by atoms with Crippen LogP contribution in [0.1, 0.15) is 37.7 Å². The Balaban J connectivity index is 2.75. The van der Waals surface area contributed by atoms with Crippen LogP contribution in [0.15, 0.2) is 0 Å². The van der Waals surface area contributed by atoms with Crippen LogP contribution >= 0.6 is 0 Å². The molecule has 0 bridgehead atoms. The van der Waals surface area contributed by atoms with E-state index in [-0.39, 0.29) is 17.2 Å². The van der Waals surface area contributed by atoms with Crippen LogP contribution in [0.3, 0.4) is 0 Å². The van der Waals surface area contributed by atoms with E-state index in [4.69, 9.17) is 5.73 Å². The molecule has 1 aromatic rings. The Morgan fingerprint density at radius 3 is 2.43 bits per heavy atom. The van der Waals surface area contributed by atoms with E-state index in [9.17, 15) is 4.79 Å². The van der Waals surface area contributed by atoms with Crippen molar-refractivity contribution in [2.24, 2.45) is 24.1 Å². The summed E-state index contributed by atoms with van der Waals surface area (Å²) in [6.45, 7) is 11.4. The van der Waals surface area contributed by atoms with Gasteiger partial charge in [0.2, 0.25) is 5.91 Å². The van der Waals surface area contributed by atoms with Gasteiger partial charge in [-0.3, -0.25) is 9.48 Å². The summed E-state index contributed by atoms with van der Waals surface area (Å²) in [6.07, 6.45) is 0.734. The first-order chi connectivity index (χ1) is 9.59. The van der Waals surface area contributed by atoms with E-state index in [2.05, 4.69) is 18.9 Å². The molecule has 1 rings (SSSR count). The number of amides is 1. The Morgan fingerprint density at radius 1 is 1.43 bits per heavy atom. The molecular formula is C16H30N4O. The Labute approximate surface area is 128 Å². The van der Waals surface area contributed by atoms with Crippen molar-refractivity contribution in [3.63, 3.8) is 0 Å². The third-order valence-electron chi connectivity index (χ3n) is 4.18. The van der Waals surface area contributed by atoms with Crippen LogP contribution in [-0.2, 0) is 18.3 Å². The van der Waals surface area contributed by atoms with Crippen LogP contribution < -0.4 is 5.73 Å². The summed E-state index contributed by atoms with van der Waals surface area (Å²) in [6, 6.07) is 0. The highest BCUT2D eigenvalue weighted by atomic mass is 16.2. The normalized spacial score (nSPS) is 13.3. The molecule has 0 saturated heterocycles. The van der Waals surface area contributed by atoms with Gasteiger partial charge in [0.15, 0.2) is 0 Å². The van der Waals surface area contributed by atoms with Crippen LogP contribution in [-0.4, -0.2) is 40.7 Å². The van der Waals surface area contributed by atoms with E-state index in [0.717, 1.165) is 17.8 Å². The molecule has 1 amide bonds. The fourth-order valence-corrected chi connectivity index (χ4v) is 2.67. The highest BCUT2D eigenvalue weighted by Crippen LogP contribution is 2.20. The lowest BCUT2D eigenvalue weighted by atomic mass is 9.92. The zero-order chi connectivity index (χ0) is 16.4. The Hall–Kier alpha value is -1.36. The van der Waals surface area contributed by atoms with E-state index in [1.54, 1.807) is 4.90 Å². The summed E-state index contributed by atoms with van der Waals surface area (Å²) in [7, 11) is 3.80. The maximum Gasteiger partial charge on any atom is 0.225 e. The van der Waals surface area contributed by atoms with Gasteiger partial charge in [0, 0.05) is 32.3 Å². The molecule has 0 spiro atoms. The Morgan fingerprint density at radius 2 is 2.00 bits per heavy atom. The molecule has 0 radical (unpaired) electrons. The minimum Gasteiger partial charge on any atom is -0.345 e. The van der Waals surface area contributed by atoms with Gasteiger partial charge in [-0.25, -0.2) is 0 Å². The number of hydrogen-bond donors (Lipinski definition) is 1. The zero-order valence-corrected chi connectivity index (χ0v) is 14.5. The summed E-state index contributed by atoms with van der Waals surface area (Å²) < 4.78 is 1.88. The standard InChI is InChI=1S/C16H30N4O/c1-11(8-14-12(2)18-20(7)13(14)3)15(21)19(6)10-16(4,5)9-17/h11H,8-10,17H2,1-7H3. The maximum absolute atomic E-state index is 12.5. The summed E-state index contributed by atoms with van der Waals surface area (Å²) >= 11 is 0. The molecule has 1 unspecified atom stereocenters. The monoisotopic (exact) mass is 294 g/mol. The summed E-state index contributed by atoms with van der Waals surface area (Å²) in [5.41, 5.74) is 9.03. The van der Waals surface area contributed by atoms with Crippen LogP contribution in [0.4, 0.5) is 0 Å². The second-order valence-corrected chi connectivity index (χ2v) is 6.94. The van der Waals surface area contributed by atoms with E-state index in [1.165, 1.54) is 5.56 Å². The molecule has 0 aliphatic rings. The van der Waals surface area contributed by atoms with Gasteiger partial charge in [-0.05, 0) is 37.8 Å². The van der Waals surface area contributed by atoms with E-state index >= 15 is 0 Å². The van der Waals surface area contributed by atoms with Gasteiger partial charge in [0.25, 0.3) is 0 Å². The fourth-order valence-electron chi connectivity index (χ4n) is 2.67. The SMILES string of the molecule is Cc1nn(C)c(C)c1CC(C)C(=O)N(C)CC(C)(C)CN. The summed E-state index contributed by atoms with van der Waals surface area (Å²) in [5.74, 6) is 0.115. The van der Waals surface area contributed by atoms with Crippen LogP contribution in [0, 0.1) is 25.2 Å². The van der Waals surface area contributed by atoms with Crippen molar-refractivity contribution in [2.75, 3.05) is 20.1 Å². The lowest BCUT2D eigenvalue weighted by Crippen LogP contribution is -2.42. The smallest absolute Gasteiger partial charge is 0.225 e. The van der Waals surface area contributed by atoms with Crippen molar-refractivity contribution >= 4 is 5.91 Å². The van der Waals surface area contributed by atoms with E-state index in [1.807, 2.05) is 39.5 Å². The molecule has 2 N–H and O–H groups in total. The van der Waals surface area contributed by atoms with Crippen molar-refractivity contribution in [1.82, 2.24) is 14.7 Å². The molecule has 0 aliphatic heterocycles. The molecular weight excluding hydrogens is 264 g/mol. The predicted octanol–water partition coefficient (Wildman–Crippen LogP) is 1.66. The Bertz CT molecular complexity index is 505. The molecule has 5 heteroatoms. The van der Waals surface area contributed by atoms with Crippen LogP contribution in [0.5, 0.6) is 0 Å². The first-order valence-electron chi connectivity index (χ1n) is 7.53. The number of aryl methyl sites for hydroxylation is 2. The first kappa shape index (κ1) is 17.7. The average Bonchev–Trinajstić information content (AvgIpc) is 2.63. The molecule has 21 heavy (non-hydrogen) atoms. The fraction of sp³-hybridized carbons (Fsp3) is 0.750. The second-order valence-electron chi connectivity index (χ2n) is 6.94. The molecule has 0 aliphatic carbocycles. The number of aromatic nitrogens is 2. The van der Waals surface area contributed by atoms with Crippen molar-refractivity contribution in [3.05, 3.63) is 17.0 Å². The van der Waals surface area contributed by atoms with E-state index < -0.39 is 0 Å². The van der Waals surface area contributed by atoms with Gasteiger partial charge in [0.1, 0.15) is 0 Å². The Kier molecular flexibility index (Phi) is 5.56. The van der Waals surface area contributed by atoms with Crippen LogP contribution in [0.2, 0.25) is 0 Å². The van der Waals surface area contributed by atoms with Gasteiger partial charge in [-0.15, -0.1) is 0 Å². The quantitative estimate of drug-likeness (QED) is 0.868. The molecule has 1 heterocycles. The number of nitrogens with two attached hydrogens (primary N) is 1. The van der Waals surface area contributed by atoms with Crippen molar-refractivity contribution in [3.8, 4) is 0 Å². The average molecular weight is 294 g/mol. The van der Waals surface area contributed by atoms with Gasteiger partial charge >= 0.3 is 0 Å². The third-order valence-corrected chi connectivity index (χ3v) is 4.18. The molecule has 1 atom stereocenters. The minimum atomic E-state index is -0.0513. The highest BCUT2D eigenvalue weighted by molar-refractivity contribution is 5.78. The highest BCUT2D eigenvalue weighted by Gasteiger charge is 2.25. The second kappa shape index (κ2) is 6.60. The molecule has 1 aromatic heterocycles. The minimum absolute atomic E-state index is 0.0508. The van der Waals surface area contributed by atoms with Gasteiger partial charge < -0.3 is 10.6 Å². The summed E-state index contributed by atoms with van der Waals surface area (Å²) in [5, 5.41) is 4.42. The van der Waals surface area contributed by atoms with Crippen molar-refractivity contribution in [2.45, 2.75) is 41.0 Å². The topological polar surface area (TPSA) is 64.2 Å². The lowest BCUT2D eigenvalue weighted by molar-refractivity contribution is -0.134. The summed E-state index contributed by atoms with van der Waals surface area (Å²) in [4.78, 5) is 14.3. The number of nitrogens with zero attached hydrogens (tertiary/aromatic N) is 3. The number of carbonyl (C=O) groups excluding carboxylic acids is 1. The number of carbonyl (C=O) groups is 1. The van der Waals surface area contributed by atoms with E-state index in [0.29, 0.717) is 13.1 Å². The molecule has 0 aromatic carbocycles. The first-order valence-corrected chi connectivity index (χ1v) is 7.53. The van der Waals surface area contributed by atoms with Crippen LogP contribution in [0.25, 0.3) is 0 Å². The number of hydrogen-bond acceptors (Lipinski definition) is 3. The third kappa shape index (κ3) is 4.30.